The maximum atomic E-state index is 12.5. The van der Waals surface area contributed by atoms with Crippen LogP contribution in [0.1, 0.15) is 44.2 Å². The molecule has 0 spiro atoms. The summed E-state index contributed by atoms with van der Waals surface area (Å²) < 4.78 is 1.56. The summed E-state index contributed by atoms with van der Waals surface area (Å²) in [4.78, 5) is 32.3. The highest BCUT2D eigenvalue weighted by Crippen LogP contribution is 2.22. The first-order valence-corrected chi connectivity index (χ1v) is 9.49. The van der Waals surface area contributed by atoms with Gasteiger partial charge in [-0.15, -0.1) is 0 Å². The highest BCUT2D eigenvalue weighted by molar-refractivity contribution is 5.77. The first-order chi connectivity index (χ1) is 13.3. The lowest BCUT2D eigenvalue weighted by atomic mass is 10.0. The summed E-state index contributed by atoms with van der Waals surface area (Å²) in [6.45, 7) is 6.27. The monoisotopic (exact) mass is 382 g/mol. The maximum absolute atomic E-state index is 12.5. The van der Waals surface area contributed by atoms with Crippen molar-refractivity contribution in [1.82, 2.24) is 19.9 Å². The second-order valence-electron chi connectivity index (χ2n) is 7.38. The lowest BCUT2D eigenvalue weighted by Crippen LogP contribution is -2.32. The van der Waals surface area contributed by atoms with Gasteiger partial charge in [-0.2, -0.15) is 0 Å². The molecule has 28 heavy (non-hydrogen) atoms. The molecule has 1 aromatic carbocycles. The van der Waals surface area contributed by atoms with E-state index in [0.717, 1.165) is 16.9 Å². The summed E-state index contributed by atoms with van der Waals surface area (Å²) in [7, 11) is 0. The molecule has 0 saturated carbocycles. The molecule has 1 atom stereocenters. The van der Waals surface area contributed by atoms with Crippen LogP contribution in [-0.4, -0.2) is 25.5 Å². The number of aryl methyl sites for hydroxylation is 1. The van der Waals surface area contributed by atoms with Gasteiger partial charge in [-0.3, -0.25) is 9.59 Å². The maximum Gasteiger partial charge on any atom is 0.254 e. The molecule has 0 aliphatic carbocycles. The van der Waals surface area contributed by atoms with E-state index in [1.165, 1.54) is 12.1 Å². The molecular formula is C21H26N4O3. The third-order valence-corrected chi connectivity index (χ3v) is 4.79. The van der Waals surface area contributed by atoms with Crippen LogP contribution in [0.25, 0.3) is 11.0 Å². The molecule has 1 amide bonds. The van der Waals surface area contributed by atoms with Crippen molar-refractivity contribution >= 4 is 16.9 Å². The zero-order valence-corrected chi connectivity index (χ0v) is 16.4. The lowest BCUT2D eigenvalue weighted by molar-refractivity contribution is -0.122. The molecule has 3 aromatic rings. The number of rotatable bonds is 7. The number of aromatic nitrogens is 3. The Labute approximate surface area is 163 Å². The number of benzene rings is 1. The van der Waals surface area contributed by atoms with Crippen LogP contribution in [0, 0.1) is 12.8 Å². The number of nitrogens with one attached hydrogen (secondary N) is 2. The quantitative estimate of drug-likeness (QED) is 0.585. The largest absolute Gasteiger partial charge is 0.508 e. The standard InChI is InChI=1S/C21H26N4O3/c1-13(2)20(21-22-16-7-4-5-8-17(16)23-21)24-18(27)9-6-10-25-14(3)11-15(26)12-19(25)28/h4-5,7-8,11-13,20,26H,6,9-10H2,1-3H3,(H,22,23)(H,24,27). The summed E-state index contributed by atoms with van der Waals surface area (Å²) in [6, 6.07) is 10.3. The molecule has 2 heterocycles. The van der Waals surface area contributed by atoms with E-state index in [1.54, 1.807) is 11.5 Å². The normalized spacial score (nSPS) is 12.4. The molecule has 7 heteroatoms. The third-order valence-electron chi connectivity index (χ3n) is 4.79. The van der Waals surface area contributed by atoms with Gasteiger partial charge in [0.1, 0.15) is 11.6 Å². The van der Waals surface area contributed by atoms with Crippen LogP contribution in [0.4, 0.5) is 0 Å². The summed E-state index contributed by atoms with van der Waals surface area (Å²) in [5.74, 6) is 0.798. The van der Waals surface area contributed by atoms with Crippen LogP contribution in [-0.2, 0) is 11.3 Å². The summed E-state index contributed by atoms with van der Waals surface area (Å²) >= 11 is 0. The molecule has 0 bridgehead atoms. The Kier molecular flexibility index (Phi) is 5.82. The van der Waals surface area contributed by atoms with Gasteiger partial charge < -0.3 is 20.0 Å². The Morgan fingerprint density at radius 1 is 1.29 bits per heavy atom. The zero-order chi connectivity index (χ0) is 20.3. The number of hydrogen-bond donors (Lipinski definition) is 3. The van der Waals surface area contributed by atoms with Gasteiger partial charge in [0, 0.05) is 24.7 Å². The smallest absolute Gasteiger partial charge is 0.254 e. The Balaban J connectivity index is 1.63. The number of pyridine rings is 1. The average molecular weight is 382 g/mol. The fourth-order valence-corrected chi connectivity index (χ4v) is 3.31. The molecule has 148 valence electrons. The second-order valence-corrected chi connectivity index (χ2v) is 7.38. The molecule has 1 unspecified atom stereocenters. The van der Waals surface area contributed by atoms with Crippen molar-refractivity contribution in [2.45, 2.75) is 46.2 Å². The van der Waals surface area contributed by atoms with Gasteiger partial charge in [-0.25, -0.2) is 4.98 Å². The number of H-pyrrole nitrogens is 1. The molecule has 0 saturated heterocycles. The van der Waals surface area contributed by atoms with Gasteiger partial charge in [0.05, 0.1) is 17.1 Å². The number of carbonyl (C=O) groups is 1. The minimum Gasteiger partial charge on any atom is -0.508 e. The topological polar surface area (TPSA) is 100 Å². The number of nitrogens with zero attached hydrogens (tertiary/aromatic N) is 2. The molecule has 0 radical (unpaired) electrons. The fraction of sp³-hybridized carbons (Fsp3) is 0.381. The van der Waals surface area contributed by atoms with E-state index in [2.05, 4.69) is 15.3 Å². The van der Waals surface area contributed by atoms with E-state index >= 15 is 0 Å². The highest BCUT2D eigenvalue weighted by atomic mass is 16.3. The van der Waals surface area contributed by atoms with Crippen molar-refractivity contribution in [3.8, 4) is 5.75 Å². The van der Waals surface area contributed by atoms with Crippen LogP contribution in [0.15, 0.2) is 41.2 Å². The average Bonchev–Trinajstić information content (AvgIpc) is 3.05. The van der Waals surface area contributed by atoms with Crippen molar-refractivity contribution in [2.75, 3.05) is 0 Å². The van der Waals surface area contributed by atoms with Crippen LogP contribution < -0.4 is 10.9 Å². The van der Waals surface area contributed by atoms with E-state index in [0.29, 0.717) is 25.1 Å². The SMILES string of the molecule is Cc1cc(O)cc(=O)n1CCCC(=O)NC(c1nc2ccccc2[nH]1)C(C)C. The molecule has 0 aliphatic rings. The van der Waals surface area contributed by atoms with E-state index in [-0.39, 0.29) is 29.2 Å². The Morgan fingerprint density at radius 2 is 2.04 bits per heavy atom. The van der Waals surface area contributed by atoms with E-state index < -0.39 is 0 Å². The fourth-order valence-electron chi connectivity index (χ4n) is 3.31. The van der Waals surface area contributed by atoms with Gasteiger partial charge in [0.2, 0.25) is 5.91 Å². The predicted molar refractivity (Wildman–Crippen MR) is 108 cm³/mol. The molecule has 3 rings (SSSR count). The van der Waals surface area contributed by atoms with E-state index in [1.807, 2.05) is 38.1 Å². The van der Waals surface area contributed by atoms with E-state index in [9.17, 15) is 14.7 Å². The minimum atomic E-state index is -0.264. The van der Waals surface area contributed by atoms with Crippen molar-refractivity contribution in [3.63, 3.8) is 0 Å². The van der Waals surface area contributed by atoms with Crippen molar-refractivity contribution < 1.29 is 9.90 Å². The first-order valence-electron chi connectivity index (χ1n) is 9.49. The molecule has 0 fully saturated rings. The number of hydrogen-bond acceptors (Lipinski definition) is 4. The van der Waals surface area contributed by atoms with Gasteiger partial charge in [-0.1, -0.05) is 26.0 Å². The number of imidazole rings is 1. The van der Waals surface area contributed by atoms with Gasteiger partial charge in [-0.05, 0) is 37.5 Å². The predicted octanol–water partition coefficient (Wildman–Crippen LogP) is 3.03. The van der Waals surface area contributed by atoms with Crippen molar-refractivity contribution in [1.29, 1.82) is 0 Å². The first kappa shape index (κ1) is 19.7. The summed E-state index contributed by atoms with van der Waals surface area (Å²) in [5.41, 5.74) is 2.23. The number of aromatic amines is 1. The van der Waals surface area contributed by atoms with Gasteiger partial charge in [0.15, 0.2) is 0 Å². The summed E-state index contributed by atoms with van der Waals surface area (Å²) in [6.07, 6.45) is 0.832. The van der Waals surface area contributed by atoms with Crippen LogP contribution >= 0.6 is 0 Å². The number of para-hydroxylation sites is 2. The molecule has 2 aromatic heterocycles. The van der Waals surface area contributed by atoms with Crippen LogP contribution in [0.2, 0.25) is 0 Å². The van der Waals surface area contributed by atoms with Gasteiger partial charge in [0.25, 0.3) is 5.56 Å². The highest BCUT2D eigenvalue weighted by Gasteiger charge is 2.21. The number of aromatic hydroxyl groups is 1. The Bertz CT molecular complexity index is 1000. The zero-order valence-electron chi connectivity index (χ0n) is 16.4. The van der Waals surface area contributed by atoms with Crippen molar-refractivity contribution in [2.24, 2.45) is 5.92 Å². The van der Waals surface area contributed by atoms with Crippen LogP contribution in [0.3, 0.4) is 0 Å². The third kappa shape index (κ3) is 4.42. The molecule has 7 nitrogen and oxygen atoms in total. The van der Waals surface area contributed by atoms with Gasteiger partial charge >= 0.3 is 0 Å². The van der Waals surface area contributed by atoms with Crippen LogP contribution in [0.5, 0.6) is 5.75 Å². The number of fused-ring (bicyclic) bond motifs is 1. The molecular weight excluding hydrogens is 356 g/mol. The Hall–Kier alpha value is -3.09. The molecule has 0 aliphatic heterocycles. The van der Waals surface area contributed by atoms with E-state index in [4.69, 9.17) is 0 Å². The second kappa shape index (κ2) is 8.29. The number of carbonyl (C=O) groups excluding carboxylic acids is 1. The Morgan fingerprint density at radius 3 is 2.71 bits per heavy atom. The molecule has 3 N–H and O–H groups in total. The number of amides is 1. The minimum absolute atomic E-state index is 0.0397. The van der Waals surface area contributed by atoms with Crippen molar-refractivity contribution in [3.05, 3.63) is 58.3 Å². The lowest BCUT2D eigenvalue weighted by Gasteiger charge is -2.20. The summed E-state index contributed by atoms with van der Waals surface area (Å²) in [5, 5.41) is 12.5.